The van der Waals surface area contributed by atoms with Crippen LogP contribution >= 0.6 is 11.6 Å². The molecule has 1 saturated heterocycles. The topological polar surface area (TPSA) is 75.5 Å². The van der Waals surface area contributed by atoms with Crippen molar-refractivity contribution in [2.45, 2.75) is 57.0 Å². The summed E-state index contributed by atoms with van der Waals surface area (Å²) in [5.74, 6) is -0.257. The first-order valence-electron chi connectivity index (χ1n) is 9.03. The minimum Gasteiger partial charge on any atom is -0.348 e. The predicted octanol–water partition coefficient (Wildman–Crippen LogP) is 3.78. The van der Waals surface area contributed by atoms with Crippen molar-refractivity contribution in [1.82, 2.24) is 10.2 Å². The summed E-state index contributed by atoms with van der Waals surface area (Å²) in [6.45, 7) is 1.89. The van der Waals surface area contributed by atoms with E-state index in [1.54, 1.807) is 0 Å². The average Bonchev–Trinajstić information content (AvgIpc) is 2.87. The number of nitro groups is 1. The maximum Gasteiger partial charge on any atom is 0.270 e. The summed E-state index contributed by atoms with van der Waals surface area (Å²) in [5.41, 5.74) is 0.183. The van der Waals surface area contributed by atoms with Crippen molar-refractivity contribution in [3.63, 3.8) is 0 Å². The van der Waals surface area contributed by atoms with Gasteiger partial charge in [0.2, 0.25) is 0 Å². The summed E-state index contributed by atoms with van der Waals surface area (Å²) >= 11 is 6.05. The first kappa shape index (κ1) is 18.1. The van der Waals surface area contributed by atoms with Crippen molar-refractivity contribution in [2.75, 3.05) is 13.1 Å². The molecule has 1 amide bonds. The maximum atomic E-state index is 12.5. The third-order valence-corrected chi connectivity index (χ3v) is 5.62. The number of non-ortho nitro benzene ring substituents is 1. The second kappa shape index (κ2) is 8.15. The fourth-order valence-corrected chi connectivity index (χ4v) is 4.19. The van der Waals surface area contributed by atoms with E-state index < -0.39 is 4.92 Å². The second-order valence-corrected chi connectivity index (χ2v) is 7.43. The van der Waals surface area contributed by atoms with E-state index in [2.05, 4.69) is 10.2 Å². The number of halogens is 1. The van der Waals surface area contributed by atoms with Crippen LogP contribution in [-0.4, -0.2) is 40.9 Å². The lowest BCUT2D eigenvalue weighted by Gasteiger charge is -2.26. The minimum absolute atomic E-state index is 0.109. The fraction of sp³-hybridized carbons (Fsp3) is 0.611. The van der Waals surface area contributed by atoms with Gasteiger partial charge in [0, 0.05) is 37.3 Å². The quantitative estimate of drug-likeness (QED) is 0.500. The van der Waals surface area contributed by atoms with Gasteiger partial charge < -0.3 is 5.32 Å². The summed E-state index contributed by atoms with van der Waals surface area (Å²) in [5, 5.41) is 13.9. The zero-order chi connectivity index (χ0) is 17.8. The lowest BCUT2D eigenvalue weighted by atomic mass is 10.1. The van der Waals surface area contributed by atoms with Crippen LogP contribution in [0, 0.1) is 10.1 Å². The Morgan fingerprint density at radius 1 is 1.20 bits per heavy atom. The molecular weight excluding hydrogens is 342 g/mol. The highest BCUT2D eigenvalue weighted by Gasteiger charge is 2.30. The summed E-state index contributed by atoms with van der Waals surface area (Å²) in [6.07, 6.45) is 8.73. The summed E-state index contributed by atoms with van der Waals surface area (Å²) in [6, 6.07) is 4.72. The van der Waals surface area contributed by atoms with Gasteiger partial charge in [0.05, 0.1) is 15.5 Å². The van der Waals surface area contributed by atoms with E-state index in [4.69, 9.17) is 11.6 Å². The molecule has 6 nitrogen and oxygen atoms in total. The molecule has 1 saturated carbocycles. The van der Waals surface area contributed by atoms with Gasteiger partial charge in [-0.05, 0) is 25.3 Å². The number of benzene rings is 1. The van der Waals surface area contributed by atoms with E-state index >= 15 is 0 Å². The van der Waals surface area contributed by atoms with Crippen molar-refractivity contribution >= 4 is 23.2 Å². The molecule has 1 heterocycles. The zero-order valence-electron chi connectivity index (χ0n) is 14.2. The number of carbonyl (C=O) groups is 1. The zero-order valence-corrected chi connectivity index (χ0v) is 15.0. The molecule has 0 radical (unpaired) electrons. The average molecular weight is 366 g/mol. The van der Waals surface area contributed by atoms with Crippen LogP contribution in [0.3, 0.4) is 0 Å². The Kier molecular flexibility index (Phi) is 5.91. The molecule has 2 fully saturated rings. The number of nitrogens with zero attached hydrogens (tertiary/aromatic N) is 2. The molecule has 1 atom stereocenters. The third kappa shape index (κ3) is 4.50. The van der Waals surface area contributed by atoms with Gasteiger partial charge in [-0.25, -0.2) is 0 Å². The van der Waals surface area contributed by atoms with Crippen LogP contribution in [0.1, 0.15) is 55.3 Å². The molecule has 3 rings (SSSR count). The molecule has 2 aliphatic rings. The number of rotatable bonds is 4. The molecule has 1 aromatic carbocycles. The highest BCUT2D eigenvalue weighted by atomic mass is 35.5. The Morgan fingerprint density at radius 2 is 1.92 bits per heavy atom. The van der Waals surface area contributed by atoms with Crippen LogP contribution in [-0.2, 0) is 0 Å². The Hall–Kier alpha value is -1.66. The molecule has 136 valence electrons. The lowest BCUT2D eigenvalue weighted by molar-refractivity contribution is -0.384. The molecule has 0 spiro atoms. The van der Waals surface area contributed by atoms with Gasteiger partial charge in [0.1, 0.15) is 0 Å². The van der Waals surface area contributed by atoms with Crippen molar-refractivity contribution < 1.29 is 9.72 Å². The van der Waals surface area contributed by atoms with Crippen LogP contribution in [0.4, 0.5) is 5.69 Å². The van der Waals surface area contributed by atoms with E-state index in [1.807, 2.05) is 0 Å². The van der Waals surface area contributed by atoms with Crippen LogP contribution in [0.25, 0.3) is 0 Å². The standard InChI is InChI=1S/C18H24ClN3O3/c19-17-11-15(22(24)25)7-8-16(17)18(23)20-13-9-10-21(12-13)14-5-3-1-2-4-6-14/h7-8,11,13-14H,1-6,9-10,12H2,(H,20,23). The van der Waals surface area contributed by atoms with E-state index in [1.165, 1.54) is 56.7 Å². The van der Waals surface area contributed by atoms with E-state index in [0.717, 1.165) is 19.5 Å². The highest BCUT2D eigenvalue weighted by Crippen LogP contribution is 2.26. The normalized spacial score (nSPS) is 22.5. The van der Waals surface area contributed by atoms with Crippen LogP contribution in [0.15, 0.2) is 18.2 Å². The Balaban J connectivity index is 1.57. The molecular formula is C18H24ClN3O3. The van der Waals surface area contributed by atoms with Crippen LogP contribution in [0.5, 0.6) is 0 Å². The number of hydrogen-bond acceptors (Lipinski definition) is 4. The number of hydrogen-bond donors (Lipinski definition) is 1. The molecule has 0 bridgehead atoms. The monoisotopic (exact) mass is 365 g/mol. The molecule has 1 aromatic rings. The summed E-state index contributed by atoms with van der Waals surface area (Å²) in [4.78, 5) is 25.2. The molecule has 1 N–H and O–H groups in total. The second-order valence-electron chi connectivity index (χ2n) is 7.02. The number of likely N-dealkylation sites (tertiary alicyclic amines) is 1. The van der Waals surface area contributed by atoms with Gasteiger partial charge >= 0.3 is 0 Å². The van der Waals surface area contributed by atoms with E-state index in [0.29, 0.717) is 11.6 Å². The summed E-state index contributed by atoms with van der Waals surface area (Å²) < 4.78 is 0. The molecule has 1 unspecified atom stereocenters. The largest absolute Gasteiger partial charge is 0.348 e. The first-order chi connectivity index (χ1) is 12.0. The van der Waals surface area contributed by atoms with E-state index in [9.17, 15) is 14.9 Å². The fourth-order valence-electron chi connectivity index (χ4n) is 3.92. The van der Waals surface area contributed by atoms with Crippen LogP contribution in [0.2, 0.25) is 5.02 Å². The molecule has 1 aliphatic carbocycles. The van der Waals surface area contributed by atoms with E-state index in [-0.39, 0.29) is 22.7 Å². The molecule has 25 heavy (non-hydrogen) atoms. The lowest BCUT2D eigenvalue weighted by Crippen LogP contribution is -2.39. The maximum absolute atomic E-state index is 12.5. The number of carbonyl (C=O) groups excluding carboxylic acids is 1. The SMILES string of the molecule is O=C(NC1CCN(C2CCCCCC2)C1)c1ccc([N+](=O)[O-])cc1Cl. The summed E-state index contributed by atoms with van der Waals surface area (Å²) in [7, 11) is 0. The van der Waals surface area contributed by atoms with Crippen molar-refractivity contribution in [2.24, 2.45) is 0 Å². The van der Waals surface area contributed by atoms with Gasteiger partial charge in [-0.15, -0.1) is 0 Å². The number of nitrogens with one attached hydrogen (secondary N) is 1. The van der Waals surface area contributed by atoms with Crippen molar-refractivity contribution in [1.29, 1.82) is 0 Å². The van der Waals surface area contributed by atoms with Gasteiger partial charge in [-0.1, -0.05) is 37.3 Å². The van der Waals surface area contributed by atoms with Crippen LogP contribution < -0.4 is 5.32 Å². The highest BCUT2D eigenvalue weighted by molar-refractivity contribution is 6.34. The van der Waals surface area contributed by atoms with Gasteiger partial charge in [-0.3, -0.25) is 19.8 Å². The van der Waals surface area contributed by atoms with Crippen molar-refractivity contribution in [3.8, 4) is 0 Å². The minimum atomic E-state index is -0.519. The van der Waals surface area contributed by atoms with Crippen molar-refractivity contribution in [3.05, 3.63) is 38.9 Å². The number of amides is 1. The van der Waals surface area contributed by atoms with Gasteiger partial charge in [0.25, 0.3) is 11.6 Å². The molecule has 0 aromatic heterocycles. The smallest absolute Gasteiger partial charge is 0.270 e. The first-order valence-corrected chi connectivity index (χ1v) is 9.41. The molecule has 1 aliphatic heterocycles. The van der Waals surface area contributed by atoms with Gasteiger partial charge in [-0.2, -0.15) is 0 Å². The number of nitro benzene ring substituents is 1. The Labute approximate surface area is 152 Å². The third-order valence-electron chi connectivity index (χ3n) is 5.30. The predicted molar refractivity (Wildman–Crippen MR) is 97.0 cm³/mol. The Morgan fingerprint density at radius 3 is 2.56 bits per heavy atom. The Bertz CT molecular complexity index is 644. The van der Waals surface area contributed by atoms with Gasteiger partial charge in [0.15, 0.2) is 0 Å². The molecule has 7 heteroatoms.